The Hall–Kier alpha value is -2.31. The van der Waals surface area contributed by atoms with Gasteiger partial charge in [-0.25, -0.2) is 0 Å². The van der Waals surface area contributed by atoms with Crippen molar-refractivity contribution in [2.45, 2.75) is 35.8 Å². The molecule has 0 aromatic heterocycles. The largest absolute Gasteiger partial charge is 0.372 e. The van der Waals surface area contributed by atoms with Crippen LogP contribution in [0, 0.1) is 0 Å². The van der Waals surface area contributed by atoms with Gasteiger partial charge >= 0.3 is 11.8 Å². The number of morpholine rings is 1. The molecule has 1 aliphatic heterocycles. The van der Waals surface area contributed by atoms with Crippen LogP contribution in [0.25, 0.3) is 0 Å². The van der Waals surface area contributed by atoms with Crippen LogP contribution in [0.3, 0.4) is 0 Å². The molecule has 136 valence electrons. The van der Waals surface area contributed by atoms with Gasteiger partial charge in [0.05, 0.1) is 17.9 Å². The first-order valence-electron chi connectivity index (χ1n) is 8.60. The maximum atomic E-state index is 12.5. The van der Waals surface area contributed by atoms with E-state index in [0.29, 0.717) is 18.8 Å². The Kier molecular flexibility index (Phi) is 5.96. The van der Waals surface area contributed by atoms with E-state index < -0.39 is 11.8 Å². The Morgan fingerprint density at radius 2 is 1.62 bits per heavy atom. The monoisotopic (exact) mass is 370 g/mol. The van der Waals surface area contributed by atoms with E-state index in [2.05, 4.69) is 5.32 Å². The number of carbonyl (C=O) groups is 2. The third kappa shape index (κ3) is 4.65. The Labute approximate surface area is 157 Å². The van der Waals surface area contributed by atoms with Crippen LogP contribution >= 0.6 is 11.8 Å². The summed E-state index contributed by atoms with van der Waals surface area (Å²) < 4.78 is 5.62. The summed E-state index contributed by atoms with van der Waals surface area (Å²) in [6.07, 6.45) is -0.146. The zero-order chi connectivity index (χ0) is 18.5. The highest BCUT2D eigenvalue weighted by Crippen LogP contribution is 2.33. The number of nitrogens with one attached hydrogen (secondary N) is 1. The minimum absolute atomic E-state index is 0.0728. The van der Waals surface area contributed by atoms with E-state index in [-0.39, 0.29) is 12.2 Å². The molecular formula is C20H22N2O3S. The summed E-state index contributed by atoms with van der Waals surface area (Å²) in [5, 5.41) is 2.77. The van der Waals surface area contributed by atoms with E-state index in [1.165, 1.54) is 0 Å². The van der Waals surface area contributed by atoms with Crippen LogP contribution in [-0.2, 0) is 14.3 Å². The normalized spacial score (nSPS) is 19.8. The van der Waals surface area contributed by atoms with Crippen molar-refractivity contribution in [2.24, 2.45) is 0 Å². The van der Waals surface area contributed by atoms with Crippen molar-refractivity contribution in [1.82, 2.24) is 4.90 Å². The smallest absolute Gasteiger partial charge is 0.313 e. The summed E-state index contributed by atoms with van der Waals surface area (Å²) in [5.41, 5.74) is 0.633. The molecule has 0 radical (unpaired) electrons. The predicted molar refractivity (Wildman–Crippen MR) is 102 cm³/mol. The summed E-state index contributed by atoms with van der Waals surface area (Å²) in [6, 6.07) is 17.4. The molecule has 2 unspecified atom stereocenters. The maximum absolute atomic E-state index is 12.5. The highest BCUT2D eigenvalue weighted by atomic mass is 32.2. The van der Waals surface area contributed by atoms with Crippen molar-refractivity contribution in [3.63, 3.8) is 0 Å². The van der Waals surface area contributed by atoms with Crippen LogP contribution in [0.5, 0.6) is 0 Å². The number of amides is 2. The minimum Gasteiger partial charge on any atom is -0.372 e. The average Bonchev–Trinajstić information content (AvgIpc) is 2.62. The van der Waals surface area contributed by atoms with Crippen LogP contribution in [0.4, 0.5) is 5.69 Å². The fourth-order valence-corrected chi connectivity index (χ4v) is 3.86. The zero-order valence-electron chi connectivity index (χ0n) is 14.8. The first-order valence-corrected chi connectivity index (χ1v) is 9.42. The molecule has 2 atom stereocenters. The van der Waals surface area contributed by atoms with Crippen molar-refractivity contribution < 1.29 is 14.3 Å². The molecule has 2 aromatic carbocycles. The summed E-state index contributed by atoms with van der Waals surface area (Å²) in [5.74, 6) is -1.14. The molecule has 2 aromatic rings. The SMILES string of the molecule is CC1CN(C(=O)C(=O)Nc2ccccc2Sc2ccccc2)CC(C)O1. The van der Waals surface area contributed by atoms with E-state index in [0.717, 1.165) is 9.79 Å². The van der Waals surface area contributed by atoms with Gasteiger partial charge in [0.1, 0.15) is 0 Å². The van der Waals surface area contributed by atoms with Crippen molar-refractivity contribution in [1.29, 1.82) is 0 Å². The Morgan fingerprint density at radius 3 is 2.31 bits per heavy atom. The summed E-state index contributed by atoms with van der Waals surface area (Å²) in [7, 11) is 0. The predicted octanol–water partition coefficient (Wildman–Crippen LogP) is 3.41. The fraction of sp³-hybridized carbons (Fsp3) is 0.300. The van der Waals surface area contributed by atoms with Gasteiger partial charge in [0.25, 0.3) is 0 Å². The number of para-hydroxylation sites is 1. The molecule has 6 heteroatoms. The second kappa shape index (κ2) is 8.38. The number of ether oxygens (including phenoxy) is 1. The number of benzene rings is 2. The number of rotatable bonds is 3. The van der Waals surface area contributed by atoms with Gasteiger partial charge in [-0.15, -0.1) is 0 Å². The third-order valence-corrected chi connectivity index (χ3v) is 5.09. The molecule has 0 spiro atoms. The first kappa shape index (κ1) is 18.5. The molecular weight excluding hydrogens is 348 g/mol. The molecule has 1 N–H and O–H groups in total. The van der Waals surface area contributed by atoms with Crippen LogP contribution in [-0.4, -0.2) is 42.0 Å². The average molecular weight is 370 g/mol. The van der Waals surface area contributed by atoms with Gasteiger partial charge in [0.2, 0.25) is 0 Å². The molecule has 2 amide bonds. The van der Waals surface area contributed by atoms with Crippen molar-refractivity contribution in [2.75, 3.05) is 18.4 Å². The molecule has 1 aliphatic rings. The van der Waals surface area contributed by atoms with Crippen LogP contribution in [0.15, 0.2) is 64.4 Å². The lowest BCUT2D eigenvalue weighted by atomic mass is 10.2. The second-order valence-electron chi connectivity index (χ2n) is 6.33. The molecule has 0 bridgehead atoms. The molecule has 5 nitrogen and oxygen atoms in total. The van der Waals surface area contributed by atoms with Crippen molar-refractivity contribution in [3.05, 3.63) is 54.6 Å². The van der Waals surface area contributed by atoms with Gasteiger partial charge in [0.15, 0.2) is 0 Å². The molecule has 1 heterocycles. The van der Waals surface area contributed by atoms with E-state index in [9.17, 15) is 9.59 Å². The molecule has 1 saturated heterocycles. The standard InChI is InChI=1S/C20H22N2O3S/c1-14-12-22(13-15(2)25-14)20(24)19(23)21-17-10-6-7-11-18(17)26-16-8-4-3-5-9-16/h3-11,14-15H,12-13H2,1-2H3,(H,21,23). The van der Waals surface area contributed by atoms with Gasteiger partial charge in [-0.3, -0.25) is 9.59 Å². The van der Waals surface area contributed by atoms with Gasteiger partial charge in [-0.1, -0.05) is 42.1 Å². The van der Waals surface area contributed by atoms with Gasteiger partial charge in [-0.05, 0) is 38.1 Å². The maximum Gasteiger partial charge on any atom is 0.313 e. The number of nitrogens with zero attached hydrogens (tertiary/aromatic N) is 1. The molecule has 0 aliphatic carbocycles. The number of anilines is 1. The van der Waals surface area contributed by atoms with E-state index in [1.807, 2.05) is 62.4 Å². The molecule has 26 heavy (non-hydrogen) atoms. The highest BCUT2D eigenvalue weighted by Gasteiger charge is 2.30. The number of hydrogen-bond donors (Lipinski definition) is 1. The summed E-state index contributed by atoms with van der Waals surface area (Å²) >= 11 is 1.54. The Balaban J connectivity index is 1.70. The Bertz CT molecular complexity index is 772. The van der Waals surface area contributed by atoms with Gasteiger partial charge < -0.3 is 15.0 Å². The number of hydrogen-bond acceptors (Lipinski definition) is 4. The van der Waals surface area contributed by atoms with Gasteiger partial charge in [0, 0.05) is 22.9 Å². The topological polar surface area (TPSA) is 58.6 Å². The second-order valence-corrected chi connectivity index (χ2v) is 7.45. The zero-order valence-corrected chi connectivity index (χ0v) is 15.7. The van der Waals surface area contributed by atoms with Crippen LogP contribution in [0.2, 0.25) is 0 Å². The Morgan fingerprint density at radius 1 is 1.00 bits per heavy atom. The summed E-state index contributed by atoms with van der Waals surface area (Å²) in [4.78, 5) is 28.5. The fourth-order valence-electron chi connectivity index (χ4n) is 2.94. The third-order valence-electron chi connectivity index (χ3n) is 4.01. The van der Waals surface area contributed by atoms with E-state index >= 15 is 0 Å². The first-order chi connectivity index (χ1) is 12.5. The molecule has 0 saturated carbocycles. The lowest BCUT2D eigenvalue weighted by Crippen LogP contribution is -2.51. The van der Waals surface area contributed by atoms with E-state index in [4.69, 9.17) is 4.74 Å². The van der Waals surface area contributed by atoms with Crippen LogP contribution < -0.4 is 5.32 Å². The lowest BCUT2D eigenvalue weighted by molar-refractivity contribution is -0.151. The highest BCUT2D eigenvalue weighted by molar-refractivity contribution is 7.99. The van der Waals surface area contributed by atoms with Crippen molar-refractivity contribution >= 4 is 29.3 Å². The van der Waals surface area contributed by atoms with Crippen LogP contribution in [0.1, 0.15) is 13.8 Å². The van der Waals surface area contributed by atoms with Gasteiger partial charge in [-0.2, -0.15) is 0 Å². The summed E-state index contributed by atoms with van der Waals surface area (Å²) in [6.45, 7) is 4.66. The molecule has 1 fully saturated rings. The van der Waals surface area contributed by atoms with Crippen molar-refractivity contribution in [3.8, 4) is 0 Å². The van der Waals surface area contributed by atoms with E-state index in [1.54, 1.807) is 22.7 Å². The quantitative estimate of drug-likeness (QED) is 0.841. The molecule has 3 rings (SSSR count). The number of carbonyl (C=O) groups excluding carboxylic acids is 2. The minimum atomic E-state index is -0.618. The lowest BCUT2D eigenvalue weighted by Gasteiger charge is -2.34.